The fourth-order valence-electron chi connectivity index (χ4n) is 1.52. The van der Waals surface area contributed by atoms with Crippen molar-refractivity contribution in [2.75, 3.05) is 13.7 Å². The Labute approximate surface area is 87.1 Å². The molecule has 1 aromatic carbocycles. The van der Waals surface area contributed by atoms with Crippen LogP contribution >= 0.6 is 0 Å². The number of halogens is 1. The molecule has 0 saturated heterocycles. The van der Waals surface area contributed by atoms with Crippen LogP contribution in [0, 0.1) is 5.82 Å². The Hall–Kier alpha value is -1.84. The predicted molar refractivity (Wildman–Crippen MR) is 56.0 cm³/mol. The first-order valence-electron chi connectivity index (χ1n) is 4.55. The van der Waals surface area contributed by atoms with Crippen LogP contribution in [0.5, 0.6) is 0 Å². The maximum absolute atomic E-state index is 12.7. The predicted octanol–water partition coefficient (Wildman–Crippen LogP) is 1.45. The molecule has 1 aliphatic rings. The van der Waals surface area contributed by atoms with E-state index in [2.05, 4.69) is 4.99 Å². The molecule has 0 aliphatic carbocycles. The molecule has 0 saturated carbocycles. The van der Waals surface area contributed by atoms with Crippen LogP contribution in [-0.2, 0) is 4.74 Å². The zero-order valence-electron chi connectivity index (χ0n) is 8.33. The van der Waals surface area contributed by atoms with Crippen LogP contribution in [0.25, 0.3) is 0 Å². The van der Waals surface area contributed by atoms with E-state index in [1.165, 1.54) is 12.1 Å². The Morgan fingerprint density at radius 3 is 2.60 bits per heavy atom. The van der Waals surface area contributed by atoms with Crippen LogP contribution in [0.3, 0.4) is 0 Å². The van der Waals surface area contributed by atoms with Gasteiger partial charge in [-0.15, -0.1) is 0 Å². The second kappa shape index (κ2) is 3.73. The molecule has 0 amide bonds. The average molecular weight is 206 g/mol. The van der Waals surface area contributed by atoms with E-state index in [1.807, 2.05) is 0 Å². The van der Waals surface area contributed by atoms with Gasteiger partial charge >= 0.3 is 0 Å². The number of allylic oxidation sites excluding steroid dienone is 1. The molecule has 1 heterocycles. The van der Waals surface area contributed by atoms with Gasteiger partial charge in [-0.2, -0.15) is 0 Å². The third-order valence-electron chi connectivity index (χ3n) is 2.24. The van der Waals surface area contributed by atoms with Crippen molar-refractivity contribution in [3.05, 3.63) is 47.1 Å². The molecule has 2 N–H and O–H groups in total. The Morgan fingerprint density at radius 1 is 1.33 bits per heavy atom. The highest BCUT2D eigenvalue weighted by atomic mass is 19.1. The molecule has 1 aromatic rings. The molecule has 3 nitrogen and oxygen atoms in total. The normalized spacial score (nSPS) is 15.5. The summed E-state index contributed by atoms with van der Waals surface area (Å²) >= 11 is 0. The van der Waals surface area contributed by atoms with E-state index in [0.717, 1.165) is 5.56 Å². The summed E-state index contributed by atoms with van der Waals surface area (Å²) in [6.07, 6.45) is 0. The average Bonchev–Trinajstić information content (AvgIpc) is 2.61. The van der Waals surface area contributed by atoms with Crippen LogP contribution in [0.4, 0.5) is 4.39 Å². The molecule has 0 fully saturated rings. The van der Waals surface area contributed by atoms with Gasteiger partial charge in [0, 0.05) is 5.56 Å². The van der Waals surface area contributed by atoms with Gasteiger partial charge in [-0.05, 0) is 24.3 Å². The number of nitrogens with zero attached hydrogens (tertiary/aromatic N) is 1. The van der Waals surface area contributed by atoms with E-state index in [1.54, 1.807) is 19.2 Å². The third-order valence-corrected chi connectivity index (χ3v) is 2.24. The molecule has 78 valence electrons. The third kappa shape index (κ3) is 1.70. The molecule has 15 heavy (non-hydrogen) atoms. The lowest BCUT2D eigenvalue weighted by Gasteiger charge is -2.06. The fraction of sp³-hybridized carbons (Fsp3) is 0.182. The summed E-state index contributed by atoms with van der Waals surface area (Å²) in [5.74, 6) is 0.315. The maximum Gasteiger partial charge on any atom is 0.165 e. The molecule has 0 bridgehead atoms. The van der Waals surface area contributed by atoms with Crippen molar-refractivity contribution in [1.82, 2.24) is 0 Å². The summed E-state index contributed by atoms with van der Waals surface area (Å²) in [6.45, 7) is 0.440. The van der Waals surface area contributed by atoms with Crippen molar-refractivity contribution in [3.63, 3.8) is 0 Å². The first-order chi connectivity index (χ1) is 7.22. The van der Waals surface area contributed by atoms with Gasteiger partial charge in [0.15, 0.2) is 5.76 Å². The second-order valence-electron chi connectivity index (χ2n) is 3.23. The number of aliphatic imine (C=N–C) groups is 1. The van der Waals surface area contributed by atoms with Gasteiger partial charge in [0.25, 0.3) is 0 Å². The smallest absolute Gasteiger partial charge is 0.165 e. The van der Waals surface area contributed by atoms with E-state index < -0.39 is 0 Å². The van der Waals surface area contributed by atoms with Gasteiger partial charge in [0.05, 0.1) is 19.4 Å². The highest BCUT2D eigenvalue weighted by Crippen LogP contribution is 2.18. The molecule has 0 radical (unpaired) electrons. The van der Waals surface area contributed by atoms with Gasteiger partial charge in [-0.3, -0.25) is 4.99 Å². The summed E-state index contributed by atoms with van der Waals surface area (Å²) in [4.78, 5) is 4.24. The fourth-order valence-corrected chi connectivity index (χ4v) is 1.52. The van der Waals surface area contributed by atoms with Gasteiger partial charge in [0.2, 0.25) is 0 Å². The topological polar surface area (TPSA) is 47.6 Å². The van der Waals surface area contributed by atoms with Gasteiger partial charge in [-0.25, -0.2) is 4.39 Å². The number of hydrogen-bond donors (Lipinski definition) is 1. The van der Waals surface area contributed by atoms with E-state index >= 15 is 0 Å². The Bertz CT molecular complexity index is 434. The molecule has 2 rings (SSSR count). The van der Waals surface area contributed by atoms with Crippen molar-refractivity contribution in [2.45, 2.75) is 0 Å². The number of methoxy groups -OCH3 is 1. The van der Waals surface area contributed by atoms with Crippen molar-refractivity contribution in [3.8, 4) is 0 Å². The molecular formula is C11H11FN2O. The van der Waals surface area contributed by atoms with Crippen LogP contribution < -0.4 is 5.73 Å². The van der Waals surface area contributed by atoms with E-state index in [-0.39, 0.29) is 5.82 Å². The zero-order valence-corrected chi connectivity index (χ0v) is 8.33. The van der Waals surface area contributed by atoms with E-state index in [0.29, 0.717) is 23.7 Å². The molecule has 0 atom stereocenters. The van der Waals surface area contributed by atoms with Crippen molar-refractivity contribution in [1.29, 1.82) is 0 Å². The lowest BCUT2D eigenvalue weighted by Crippen LogP contribution is -2.08. The lowest BCUT2D eigenvalue weighted by atomic mass is 10.1. The van der Waals surface area contributed by atoms with Gasteiger partial charge in [0.1, 0.15) is 11.5 Å². The lowest BCUT2D eigenvalue weighted by molar-refractivity contribution is 0.312. The van der Waals surface area contributed by atoms with Crippen molar-refractivity contribution < 1.29 is 9.13 Å². The number of ether oxygens (including phenoxy) is 1. The number of benzene rings is 1. The van der Waals surface area contributed by atoms with Crippen LogP contribution in [0.15, 0.2) is 40.7 Å². The monoisotopic (exact) mass is 206 g/mol. The molecule has 0 unspecified atom stereocenters. The summed E-state index contributed by atoms with van der Waals surface area (Å²) in [6, 6.07) is 6.09. The Balaban J connectivity index is 2.37. The minimum atomic E-state index is -0.270. The molecule has 0 spiro atoms. The van der Waals surface area contributed by atoms with Gasteiger partial charge < -0.3 is 10.5 Å². The standard InChI is InChI=1S/C11H11FN2O/c1-15-11-9(13)6-14-10(11)7-2-4-8(12)5-3-7/h2-5H,6,13H2,1H3. The number of hydrogen-bond acceptors (Lipinski definition) is 3. The van der Waals surface area contributed by atoms with E-state index in [4.69, 9.17) is 10.5 Å². The first kappa shape index (κ1) is 9.71. The SMILES string of the molecule is COC1=C(N)CN=C1c1ccc(F)cc1. The number of rotatable bonds is 2. The Morgan fingerprint density at radius 2 is 2.00 bits per heavy atom. The Kier molecular flexibility index (Phi) is 2.41. The largest absolute Gasteiger partial charge is 0.493 e. The van der Waals surface area contributed by atoms with Crippen LogP contribution in [-0.4, -0.2) is 19.4 Å². The quantitative estimate of drug-likeness (QED) is 0.796. The summed E-state index contributed by atoms with van der Waals surface area (Å²) < 4.78 is 17.9. The highest BCUT2D eigenvalue weighted by molar-refractivity contribution is 6.13. The van der Waals surface area contributed by atoms with E-state index in [9.17, 15) is 4.39 Å². The maximum atomic E-state index is 12.7. The first-order valence-corrected chi connectivity index (χ1v) is 4.55. The second-order valence-corrected chi connectivity index (χ2v) is 3.23. The van der Waals surface area contributed by atoms with Crippen molar-refractivity contribution >= 4 is 5.71 Å². The van der Waals surface area contributed by atoms with Crippen molar-refractivity contribution in [2.24, 2.45) is 10.7 Å². The molecule has 0 aromatic heterocycles. The summed E-state index contributed by atoms with van der Waals surface area (Å²) in [7, 11) is 1.55. The molecular weight excluding hydrogens is 195 g/mol. The summed E-state index contributed by atoms with van der Waals surface area (Å²) in [5, 5.41) is 0. The van der Waals surface area contributed by atoms with Crippen LogP contribution in [0.1, 0.15) is 5.56 Å². The summed E-state index contributed by atoms with van der Waals surface area (Å²) in [5.41, 5.74) is 7.82. The highest BCUT2D eigenvalue weighted by Gasteiger charge is 2.19. The van der Waals surface area contributed by atoms with Gasteiger partial charge in [-0.1, -0.05) is 0 Å². The molecule has 1 aliphatic heterocycles. The van der Waals surface area contributed by atoms with Crippen LogP contribution in [0.2, 0.25) is 0 Å². The number of nitrogens with two attached hydrogens (primary N) is 1. The minimum Gasteiger partial charge on any atom is -0.493 e. The zero-order chi connectivity index (χ0) is 10.8. The molecule has 4 heteroatoms. The minimum absolute atomic E-state index is 0.270.